The lowest BCUT2D eigenvalue weighted by Crippen LogP contribution is -2.16. The summed E-state index contributed by atoms with van der Waals surface area (Å²) >= 11 is 2.63. The number of thiophene rings is 1. The predicted octanol–water partition coefficient (Wildman–Crippen LogP) is 5.58. The second kappa shape index (κ2) is 12.3. The van der Waals surface area contributed by atoms with Gasteiger partial charge in [0.1, 0.15) is 10.8 Å². The molecule has 0 atom stereocenters. The number of carbonyl (C=O) groups is 2. The first kappa shape index (κ1) is 26.8. The number of aryl methyl sites for hydroxylation is 1. The molecule has 0 aliphatic heterocycles. The molecule has 196 valence electrons. The number of thioether (sulfide) groups is 1. The number of anilines is 1. The van der Waals surface area contributed by atoms with Gasteiger partial charge in [-0.3, -0.25) is 9.36 Å². The standard InChI is InChI=1S/C25H26F2N4O4S2/c1-3-13-31-21(15-9-11-16(12-10-15)35-24(26)27)29-30-25(31)36-14-19(32)28-22-20(23(33)34-2)17-7-5-4-6-8-18(17)37-22/h3,9-12,24H,1,4-8,13-14H2,2H3,(H,28,32). The smallest absolute Gasteiger partial charge is 0.387 e. The Labute approximate surface area is 221 Å². The number of rotatable bonds is 10. The molecular formula is C25H26F2N4O4S2. The lowest BCUT2D eigenvalue weighted by Gasteiger charge is -2.09. The van der Waals surface area contributed by atoms with Crippen molar-refractivity contribution < 1.29 is 27.8 Å². The lowest BCUT2D eigenvalue weighted by atomic mass is 10.1. The highest BCUT2D eigenvalue weighted by atomic mass is 32.2. The van der Waals surface area contributed by atoms with Crippen LogP contribution in [0.2, 0.25) is 0 Å². The van der Waals surface area contributed by atoms with Crippen molar-refractivity contribution in [3.63, 3.8) is 0 Å². The highest BCUT2D eigenvalue weighted by Gasteiger charge is 2.26. The maximum Gasteiger partial charge on any atom is 0.387 e. The summed E-state index contributed by atoms with van der Waals surface area (Å²) in [6, 6.07) is 6.07. The number of amides is 1. The SMILES string of the molecule is C=CCn1c(SCC(=O)Nc2sc3c(c2C(=O)OC)CCCCC3)nnc1-c1ccc(OC(F)F)cc1. The van der Waals surface area contributed by atoms with Gasteiger partial charge in [-0.05, 0) is 55.5 Å². The lowest BCUT2D eigenvalue weighted by molar-refractivity contribution is -0.113. The average molecular weight is 549 g/mol. The molecule has 1 amide bonds. The fourth-order valence-electron chi connectivity index (χ4n) is 4.13. The Morgan fingerprint density at radius 2 is 1.97 bits per heavy atom. The second-order valence-electron chi connectivity index (χ2n) is 8.21. The topological polar surface area (TPSA) is 95.3 Å². The van der Waals surface area contributed by atoms with Gasteiger partial charge in [0, 0.05) is 17.0 Å². The van der Waals surface area contributed by atoms with E-state index in [-0.39, 0.29) is 17.4 Å². The second-order valence-corrected chi connectivity index (χ2v) is 10.3. The van der Waals surface area contributed by atoms with Gasteiger partial charge in [-0.15, -0.1) is 28.1 Å². The minimum Gasteiger partial charge on any atom is -0.465 e. The minimum atomic E-state index is -2.91. The first-order valence-electron chi connectivity index (χ1n) is 11.7. The van der Waals surface area contributed by atoms with Crippen LogP contribution in [-0.4, -0.2) is 46.1 Å². The number of hydrogen-bond acceptors (Lipinski definition) is 8. The summed E-state index contributed by atoms with van der Waals surface area (Å²) in [7, 11) is 1.34. The Hall–Kier alpha value is -3.25. The highest BCUT2D eigenvalue weighted by Crippen LogP contribution is 2.38. The van der Waals surface area contributed by atoms with E-state index >= 15 is 0 Å². The molecule has 1 aliphatic carbocycles. The van der Waals surface area contributed by atoms with Crippen molar-refractivity contribution in [2.75, 3.05) is 18.2 Å². The van der Waals surface area contributed by atoms with Gasteiger partial charge in [-0.1, -0.05) is 24.3 Å². The Kier molecular flexibility index (Phi) is 8.93. The zero-order chi connectivity index (χ0) is 26.4. The number of hydrogen-bond donors (Lipinski definition) is 1. The van der Waals surface area contributed by atoms with Gasteiger partial charge in [0.15, 0.2) is 11.0 Å². The first-order chi connectivity index (χ1) is 17.9. The Balaban J connectivity index is 1.48. The van der Waals surface area contributed by atoms with Crippen LogP contribution in [0.25, 0.3) is 11.4 Å². The van der Waals surface area contributed by atoms with Crippen molar-refractivity contribution >= 4 is 40.0 Å². The molecule has 0 fully saturated rings. The predicted molar refractivity (Wildman–Crippen MR) is 139 cm³/mol. The molecule has 4 rings (SSSR count). The number of ether oxygens (including phenoxy) is 2. The van der Waals surface area contributed by atoms with E-state index in [4.69, 9.17) is 4.74 Å². The number of nitrogens with one attached hydrogen (secondary N) is 1. The van der Waals surface area contributed by atoms with Crippen LogP contribution in [-0.2, 0) is 28.9 Å². The van der Waals surface area contributed by atoms with E-state index in [0.29, 0.717) is 33.7 Å². The molecule has 3 aromatic rings. The van der Waals surface area contributed by atoms with E-state index in [2.05, 4.69) is 26.8 Å². The highest BCUT2D eigenvalue weighted by molar-refractivity contribution is 7.99. The molecule has 1 aromatic carbocycles. The van der Waals surface area contributed by atoms with Gasteiger partial charge in [0.05, 0.1) is 18.4 Å². The van der Waals surface area contributed by atoms with Gasteiger partial charge in [0.25, 0.3) is 0 Å². The molecule has 8 nitrogen and oxygen atoms in total. The van der Waals surface area contributed by atoms with Crippen LogP contribution in [0.3, 0.4) is 0 Å². The van der Waals surface area contributed by atoms with Gasteiger partial charge in [-0.2, -0.15) is 8.78 Å². The molecule has 12 heteroatoms. The molecule has 0 saturated carbocycles. The van der Waals surface area contributed by atoms with Gasteiger partial charge in [0.2, 0.25) is 5.91 Å². The number of halogens is 2. The fourth-order valence-corrected chi connectivity index (χ4v) is 6.17. The largest absolute Gasteiger partial charge is 0.465 e. The van der Waals surface area contributed by atoms with Crippen molar-refractivity contribution in [3.05, 3.63) is 52.9 Å². The van der Waals surface area contributed by atoms with E-state index in [0.717, 1.165) is 42.5 Å². The van der Waals surface area contributed by atoms with Gasteiger partial charge in [-0.25, -0.2) is 4.79 Å². The number of benzene rings is 1. The first-order valence-corrected chi connectivity index (χ1v) is 13.5. The summed E-state index contributed by atoms with van der Waals surface area (Å²) < 4.78 is 36.1. The van der Waals surface area contributed by atoms with Crippen molar-refractivity contribution in [2.24, 2.45) is 0 Å². The Morgan fingerprint density at radius 1 is 1.22 bits per heavy atom. The van der Waals surface area contributed by atoms with Crippen LogP contribution in [0.1, 0.15) is 40.1 Å². The number of fused-ring (bicyclic) bond motifs is 1. The maximum absolute atomic E-state index is 12.9. The van der Waals surface area contributed by atoms with Crippen LogP contribution >= 0.6 is 23.1 Å². The molecule has 0 bridgehead atoms. The molecule has 2 heterocycles. The normalized spacial score (nSPS) is 13.1. The van der Waals surface area contributed by atoms with Crippen LogP contribution in [0.4, 0.5) is 13.8 Å². The third-order valence-corrected chi connectivity index (χ3v) is 7.94. The summed E-state index contributed by atoms with van der Waals surface area (Å²) in [6.07, 6.45) is 6.52. The van der Waals surface area contributed by atoms with Crippen molar-refractivity contribution in [1.82, 2.24) is 14.8 Å². The average Bonchev–Trinajstić information content (AvgIpc) is 3.34. The molecule has 1 aliphatic rings. The summed E-state index contributed by atoms with van der Waals surface area (Å²) in [5.74, 6) is -0.143. The summed E-state index contributed by atoms with van der Waals surface area (Å²) in [6.45, 7) is 1.25. The van der Waals surface area contributed by atoms with E-state index < -0.39 is 12.6 Å². The third-order valence-electron chi connectivity index (χ3n) is 5.76. The number of nitrogens with zero attached hydrogens (tertiary/aromatic N) is 3. The monoisotopic (exact) mass is 548 g/mol. The van der Waals surface area contributed by atoms with Crippen molar-refractivity contribution in [2.45, 2.75) is 50.4 Å². The van der Waals surface area contributed by atoms with Crippen LogP contribution in [0.15, 0.2) is 42.1 Å². The number of aromatic nitrogens is 3. The molecule has 0 saturated heterocycles. The summed E-state index contributed by atoms with van der Waals surface area (Å²) in [5, 5.41) is 12.3. The zero-order valence-corrected chi connectivity index (χ0v) is 21.8. The molecule has 0 unspecified atom stereocenters. The van der Waals surface area contributed by atoms with Crippen LogP contribution in [0.5, 0.6) is 5.75 Å². The van der Waals surface area contributed by atoms with E-state index in [9.17, 15) is 18.4 Å². The van der Waals surface area contributed by atoms with Crippen molar-refractivity contribution in [1.29, 1.82) is 0 Å². The molecule has 37 heavy (non-hydrogen) atoms. The van der Waals surface area contributed by atoms with Crippen molar-refractivity contribution in [3.8, 4) is 17.1 Å². The number of carbonyl (C=O) groups excluding carboxylic acids is 2. The number of alkyl halides is 2. The molecule has 0 spiro atoms. The third kappa shape index (κ3) is 6.37. The van der Waals surface area contributed by atoms with E-state index in [1.807, 2.05) is 0 Å². The number of allylic oxidation sites excluding steroid dienone is 1. The quantitative estimate of drug-likeness (QED) is 0.153. The minimum absolute atomic E-state index is 0.0389. The van der Waals surface area contributed by atoms with E-state index in [1.165, 1.54) is 42.3 Å². The number of methoxy groups -OCH3 is 1. The zero-order valence-electron chi connectivity index (χ0n) is 20.2. The summed E-state index contributed by atoms with van der Waals surface area (Å²) in [4.78, 5) is 26.5. The van der Waals surface area contributed by atoms with Crippen LogP contribution < -0.4 is 10.1 Å². The molecular weight excluding hydrogens is 522 g/mol. The fraction of sp³-hybridized carbons (Fsp3) is 0.360. The number of esters is 1. The molecule has 1 N–H and O–H groups in total. The summed E-state index contributed by atoms with van der Waals surface area (Å²) in [5.41, 5.74) is 2.09. The Bertz CT molecular complexity index is 1270. The maximum atomic E-state index is 12.9. The molecule has 0 radical (unpaired) electrons. The van der Waals surface area contributed by atoms with Crippen LogP contribution in [0, 0.1) is 0 Å². The van der Waals surface area contributed by atoms with Gasteiger partial charge >= 0.3 is 12.6 Å². The van der Waals surface area contributed by atoms with Gasteiger partial charge < -0.3 is 14.8 Å². The Morgan fingerprint density at radius 3 is 2.68 bits per heavy atom. The molecule has 2 aromatic heterocycles. The van der Waals surface area contributed by atoms with E-state index in [1.54, 1.807) is 22.8 Å².